The Bertz CT molecular complexity index is 331. The second-order valence-corrected chi connectivity index (χ2v) is 6.40. The van der Waals surface area contributed by atoms with Crippen molar-refractivity contribution in [1.82, 2.24) is 0 Å². The zero-order chi connectivity index (χ0) is 11.5. The fraction of sp³-hybridized carbons (Fsp3) is 0.714. The molecule has 3 atom stereocenters. The summed E-state index contributed by atoms with van der Waals surface area (Å²) in [5.74, 6) is 1.80. The van der Waals surface area contributed by atoms with Crippen molar-refractivity contribution in [2.75, 3.05) is 0 Å². The van der Waals surface area contributed by atoms with Gasteiger partial charge < -0.3 is 5.32 Å². The van der Waals surface area contributed by atoms with Crippen molar-refractivity contribution in [2.24, 2.45) is 11.8 Å². The van der Waals surface area contributed by atoms with E-state index in [1.807, 2.05) is 11.3 Å². The highest BCUT2D eigenvalue weighted by Crippen LogP contribution is 2.27. The summed E-state index contributed by atoms with van der Waals surface area (Å²) in [7, 11) is 0. The van der Waals surface area contributed by atoms with Gasteiger partial charge in [-0.15, -0.1) is 11.3 Å². The lowest BCUT2D eigenvalue weighted by Gasteiger charge is -2.32. The van der Waals surface area contributed by atoms with E-state index in [0.29, 0.717) is 0 Å². The summed E-state index contributed by atoms with van der Waals surface area (Å²) in [5, 5.41) is 4.80. The maximum absolute atomic E-state index is 2.58. The molecule has 0 aliphatic heterocycles. The molecule has 0 saturated heterocycles. The first kappa shape index (κ1) is 12.1. The quantitative estimate of drug-likeness (QED) is 0.834. The third-order valence-electron chi connectivity index (χ3n) is 4.34. The smallest absolute Gasteiger partial charge is 0.111 e. The number of hydrogen-bond acceptors (Lipinski definition) is 1. The highest BCUT2D eigenvalue weighted by Gasteiger charge is 2.29. The van der Waals surface area contributed by atoms with Crippen LogP contribution in [0.1, 0.15) is 43.6 Å². The number of hydrogen-bond donors (Lipinski definition) is 1. The van der Waals surface area contributed by atoms with Gasteiger partial charge in [0.2, 0.25) is 0 Å². The van der Waals surface area contributed by atoms with Crippen LogP contribution in [-0.2, 0) is 6.54 Å². The minimum Gasteiger partial charge on any atom is -0.339 e. The van der Waals surface area contributed by atoms with Crippen LogP contribution in [0.2, 0.25) is 0 Å². The molecular formula is C14H24NS+. The third kappa shape index (κ3) is 2.67. The summed E-state index contributed by atoms with van der Waals surface area (Å²) < 4.78 is 0. The maximum atomic E-state index is 2.58. The van der Waals surface area contributed by atoms with E-state index in [4.69, 9.17) is 0 Å². The Morgan fingerprint density at radius 1 is 1.38 bits per heavy atom. The van der Waals surface area contributed by atoms with Gasteiger partial charge in [-0.1, -0.05) is 13.8 Å². The van der Waals surface area contributed by atoms with E-state index < -0.39 is 0 Å². The zero-order valence-corrected chi connectivity index (χ0v) is 11.5. The SMILES string of the molecule is Cc1ccsc1C[NH2+][C@@H]1CCC[C@@H](C)[C@@H]1C. The molecule has 0 amide bonds. The van der Waals surface area contributed by atoms with E-state index in [-0.39, 0.29) is 0 Å². The van der Waals surface area contributed by atoms with Gasteiger partial charge in [-0.25, -0.2) is 0 Å². The van der Waals surface area contributed by atoms with Gasteiger partial charge in [0.05, 0.1) is 10.9 Å². The summed E-state index contributed by atoms with van der Waals surface area (Å²) in [4.78, 5) is 1.56. The van der Waals surface area contributed by atoms with Crippen LogP contribution in [0.25, 0.3) is 0 Å². The molecule has 0 aromatic carbocycles. The predicted molar refractivity (Wildman–Crippen MR) is 70.7 cm³/mol. The van der Waals surface area contributed by atoms with E-state index in [0.717, 1.165) is 17.9 Å². The second kappa shape index (κ2) is 5.33. The molecular weight excluding hydrogens is 214 g/mol. The van der Waals surface area contributed by atoms with Crippen LogP contribution in [0.15, 0.2) is 11.4 Å². The molecule has 2 rings (SSSR count). The Kier molecular flexibility index (Phi) is 4.04. The highest BCUT2D eigenvalue weighted by atomic mass is 32.1. The standard InChI is InChI=1S/C14H23NS/c1-10-5-4-6-13(12(10)3)15-9-14-11(2)7-8-16-14/h7-8,10,12-13,15H,4-6,9H2,1-3H3/p+1/t10-,12+,13-/m1/s1. The molecule has 1 aliphatic carbocycles. The lowest BCUT2D eigenvalue weighted by atomic mass is 9.78. The Hall–Kier alpha value is -0.340. The van der Waals surface area contributed by atoms with Crippen molar-refractivity contribution in [3.8, 4) is 0 Å². The van der Waals surface area contributed by atoms with E-state index in [2.05, 4.69) is 37.5 Å². The van der Waals surface area contributed by atoms with Crippen LogP contribution in [0.5, 0.6) is 0 Å². The normalized spacial score (nSPS) is 30.6. The van der Waals surface area contributed by atoms with Crippen molar-refractivity contribution < 1.29 is 5.32 Å². The molecule has 0 spiro atoms. The molecule has 1 heterocycles. The van der Waals surface area contributed by atoms with Crippen LogP contribution in [0.3, 0.4) is 0 Å². The molecule has 1 fully saturated rings. The topological polar surface area (TPSA) is 16.6 Å². The molecule has 0 unspecified atom stereocenters. The molecule has 90 valence electrons. The average Bonchev–Trinajstić information content (AvgIpc) is 2.67. The van der Waals surface area contributed by atoms with Gasteiger partial charge in [0.15, 0.2) is 0 Å². The molecule has 1 aromatic rings. The maximum Gasteiger partial charge on any atom is 0.111 e. The highest BCUT2D eigenvalue weighted by molar-refractivity contribution is 7.10. The number of thiophene rings is 1. The predicted octanol–water partition coefficient (Wildman–Crippen LogP) is 2.94. The van der Waals surface area contributed by atoms with E-state index in [1.165, 1.54) is 31.4 Å². The fourth-order valence-corrected chi connectivity index (χ4v) is 3.71. The summed E-state index contributed by atoms with van der Waals surface area (Å²) in [5.41, 5.74) is 1.47. The second-order valence-electron chi connectivity index (χ2n) is 5.40. The summed E-state index contributed by atoms with van der Waals surface area (Å²) in [6.07, 6.45) is 4.27. The van der Waals surface area contributed by atoms with Crippen molar-refractivity contribution >= 4 is 11.3 Å². The van der Waals surface area contributed by atoms with Crippen molar-refractivity contribution in [2.45, 2.75) is 52.6 Å². The van der Waals surface area contributed by atoms with E-state index in [1.54, 1.807) is 4.88 Å². The number of quaternary nitrogens is 1. The largest absolute Gasteiger partial charge is 0.339 e. The summed E-state index contributed by atoms with van der Waals surface area (Å²) in [6.45, 7) is 8.27. The van der Waals surface area contributed by atoms with Crippen molar-refractivity contribution in [3.63, 3.8) is 0 Å². The molecule has 1 aromatic heterocycles. The van der Waals surface area contributed by atoms with E-state index >= 15 is 0 Å². The molecule has 2 heteroatoms. The number of aryl methyl sites for hydroxylation is 1. The minimum absolute atomic E-state index is 0.852. The van der Waals surface area contributed by atoms with Crippen LogP contribution < -0.4 is 5.32 Å². The lowest BCUT2D eigenvalue weighted by Crippen LogP contribution is -2.90. The lowest BCUT2D eigenvalue weighted by molar-refractivity contribution is -0.713. The first-order chi connectivity index (χ1) is 7.68. The Morgan fingerprint density at radius 2 is 2.19 bits per heavy atom. The molecule has 0 bridgehead atoms. The Morgan fingerprint density at radius 3 is 2.88 bits per heavy atom. The Labute approximate surface area is 103 Å². The van der Waals surface area contributed by atoms with Crippen LogP contribution in [0, 0.1) is 18.8 Å². The van der Waals surface area contributed by atoms with Crippen LogP contribution in [0.4, 0.5) is 0 Å². The molecule has 1 aliphatic rings. The fourth-order valence-electron chi connectivity index (χ4n) is 2.83. The first-order valence-corrected chi connectivity index (χ1v) is 7.42. The summed E-state index contributed by atoms with van der Waals surface area (Å²) in [6, 6.07) is 3.09. The first-order valence-electron chi connectivity index (χ1n) is 6.54. The molecule has 2 N–H and O–H groups in total. The zero-order valence-electron chi connectivity index (χ0n) is 10.7. The third-order valence-corrected chi connectivity index (χ3v) is 5.39. The Balaban J connectivity index is 1.88. The van der Waals surface area contributed by atoms with Gasteiger partial charge in [0.25, 0.3) is 0 Å². The van der Waals surface area contributed by atoms with Crippen molar-refractivity contribution in [1.29, 1.82) is 0 Å². The molecule has 1 nitrogen and oxygen atoms in total. The van der Waals surface area contributed by atoms with Gasteiger partial charge in [0.1, 0.15) is 6.54 Å². The minimum atomic E-state index is 0.852. The molecule has 0 radical (unpaired) electrons. The van der Waals surface area contributed by atoms with E-state index in [9.17, 15) is 0 Å². The van der Waals surface area contributed by atoms with Crippen LogP contribution >= 0.6 is 11.3 Å². The number of nitrogens with two attached hydrogens (primary N) is 1. The van der Waals surface area contributed by atoms with Crippen LogP contribution in [-0.4, -0.2) is 6.04 Å². The average molecular weight is 238 g/mol. The van der Waals surface area contributed by atoms with Gasteiger partial charge in [-0.3, -0.25) is 0 Å². The van der Waals surface area contributed by atoms with Gasteiger partial charge >= 0.3 is 0 Å². The number of rotatable bonds is 3. The summed E-state index contributed by atoms with van der Waals surface area (Å²) >= 11 is 1.91. The van der Waals surface area contributed by atoms with Gasteiger partial charge in [0, 0.05) is 5.92 Å². The van der Waals surface area contributed by atoms with Crippen molar-refractivity contribution in [3.05, 3.63) is 21.9 Å². The van der Waals surface area contributed by atoms with Gasteiger partial charge in [-0.05, 0) is 49.1 Å². The molecule has 16 heavy (non-hydrogen) atoms. The monoisotopic (exact) mass is 238 g/mol. The molecule has 1 saturated carbocycles. The van der Waals surface area contributed by atoms with Gasteiger partial charge in [-0.2, -0.15) is 0 Å².